The van der Waals surface area contributed by atoms with Gasteiger partial charge in [0.1, 0.15) is 0 Å². The average Bonchev–Trinajstić information content (AvgIpc) is 2.37. The van der Waals surface area contributed by atoms with Gasteiger partial charge in [-0.2, -0.15) is 0 Å². The monoisotopic (exact) mass is 236 g/mol. The van der Waals surface area contributed by atoms with E-state index in [2.05, 4.69) is 20.4 Å². The summed E-state index contributed by atoms with van der Waals surface area (Å²) >= 11 is 0. The molecule has 0 N–H and O–H groups in total. The van der Waals surface area contributed by atoms with Crippen LogP contribution in [0, 0.1) is 11.3 Å². The van der Waals surface area contributed by atoms with E-state index in [4.69, 9.17) is 4.74 Å². The van der Waals surface area contributed by atoms with Crippen LogP contribution in [0.15, 0.2) is 24.5 Å². The van der Waals surface area contributed by atoms with Gasteiger partial charge in [0.05, 0.1) is 12.4 Å². The number of ketones is 1. The van der Waals surface area contributed by atoms with Crippen molar-refractivity contribution in [2.45, 2.75) is 46.5 Å². The van der Waals surface area contributed by atoms with Gasteiger partial charge in [-0.1, -0.05) is 26.8 Å². The van der Waals surface area contributed by atoms with Gasteiger partial charge in [-0.05, 0) is 25.2 Å². The molecule has 2 nitrogen and oxygen atoms in total. The third-order valence-corrected chi connectivity index (χ3v) is 3.24. The molecule has 1 rings (SSSR count). The van der Waals surface area contributed by atoms with Crippen molar-refractivity contribution in [2.24, 2.45) is 11.3 Å². The number of hydrogen-bond donors (Lipinski definition) is 0. The summed E-state index contributed by atoms with van der Waals surface area (Å²) in [7, 11) is 0. The highest BCUT2D eigenvalue weighted by Crippen LogP contribution is 2.34. The summed E-state index contributed by atoms with van der Waals surface area (Å²) in [5, 5.41) is 0. The van der Waals surface area contributed by atoms with E-state index in [1.54, 1.807) is 6.08 Å². The minimum absolute atomic E-state index is 0.189. The van der Waals surface area contributed by atoms with Crippen molar-refractivity contribution in [3.05, 3.63) is 24.5 Å². The fourth-order valence-electron chi connectivity index (χ4n) is 2.08. The fourth-order valence-corrected chi connectivity index (χ4v) is 2.08. The van der Waals surface area contributed by atoms with Crippen molar-refractivity contribution in [3.63, 3.8) is 0 Å². The van der Waals surface area contributed by atoms with Gasteiger partial charge in [-0.25, -0.2) is 0 Å². The Hall–Kier alpha value is -1.05. The molecule has 0 aromatic heterocycles. The quantitative estimate of drug-likeness (QED) is 0.677. The van der Waals surface area contributed by atoms with Crippen LogP contribution in [-0.4, -0.2) is 12.4 Å². The minimum atomic E-state index is -0.273. The minimum Gasteiger partial charge on any atom is -0.498 e. The van der Waals surface area contributed by atoms with Crippen molar-refractivity contribution in [3.8, 4) is 0 Å². The summed E-state index contributed by atoms with van der Waals surface area (Å²) in [5.41, 5.74) is -0.273. The Balaban J connectivity index is 2.70. The maximum absolute atomic E-state index is 12.2. The number of hydrogen-bond acceptors (Lipinski definition) is 2. The fraction of sp³-hybridized carbons (Fsp3) is 0.667. The first-order chi connectivity index (χ1) is 7.98. The average molecular weight is 236 g/mol. The second-order valence-corrected chi connectivity index (χ2v) is 5.59. The molecule has 0 aromatic carbocycles. The number of rotatable bonds is 5. The standard InChI is InChI=1S/C15H24O2/c1-5-8-15(4)9-6-7-13(10-14(15)16)17-11-12(2)3/h5,10,12H,1,6-9,11H2,2-4H3/t15-/m1/s1. The molecule has 0 radical (unpaired) electrons. The van der Waals surface area contributed by atoms with E-state index in [1.807, 2.05) is 13.0 Å². The van der Waals surface area contributed by atoms with Crippen LogP contribution in [0.4, 0.5) is 0 Å². The van der Waals surface area contributed by atoms with Crippen molar-refractivity contribution in [2.75, 3.05) is 6.61 Å². The lowest BCUT2D eigenvalue weighted by atomic mass is 9.79. The molecule has 0 unspecified atom stereocenters. The summed E-state index contributed by atoms with van der Waals surface area (Å²) < 4.78 is 5.68. The maximum atomic E-state index is 12.2. The van der Waals surface area contributed by atoms with E-state index in [0.29, 0.717) is 12.5 Å². The smallest absolute Gasteiger partial charge is 0.165 e. The second-order valence-electron chi connectivity index (χ2n) is 5.59. The highest BCUT2D eigenvalue weighted by atomic mass is 16.5. The molecule has 0 bridgehead atoms. The van der Waals surface area contributed by atoms with Crippen LogP contribution in [0.2, 0.25) is 0 Å². The molecule has 0 amide bonds. The number of ether oxygens (including phenoxy) is 1. The molecule has 0 aliphatic heterocycles. The van der Waals surface area contributed by atoms with E-state index < -0.39 is 0 Å². The number of carbonyl (C=O) groups excluding carboxylic acids is 1. The van der Waals surface area contributed by atoms with Crippen LogP contribution in [0.25, 0.3) is 0 Å². The SMILES string of the molecule is C=CC[C@]1(C)CCCC(OCC(C)C)=CC1=O. The molecule has 96 valence electrons. The largest absolute Gasteiger partial charge is 0.498 e. The van der Waals surface area contributed by atoms with Crippen LogP contribution >= 0.6 is 0 Å². The molecule has 0 aromatic rings. The van der Waals surface area contributed by atoms with Crippen LogP contribution in [0.1, 0.15) is 46.5 Å². The van der Waals surface area contributed by atoms with E-state index >= 15 is 0 Å². The van der Waals surface area contributed by atoms with Gasteiger partial charge < -0.3 is 4.74 Å². The summed E-state index contributed by atoms with van der Waals surface area (Å²) in [4.78, 5) is 12.2. The second kappa shape index (κ2) is 6.04. The van der Waals surface area contributed by atoms with Crippen molar-refractivity contribution >= 4 is 5.78 Å². The Labute approximate surface area is 105 Å². The third kappa shape index (κ3) is 4.03. The highest BCUT2D eigenvalue weighted by molar-refractivity contribution is 5.95. The molecule has 0 saturated carbocycles. The maximum Gasteiger partial charge on any atom is 0.165 e. The zero-order chi connectivity index (χ0) is 12.9. The molecule has 17 heavy (non-hydrogen) atoms. The molecule has 0 saturated heterocycles. The summed E-state index contributed by atoms with van der Waals surface area (Å²) in [6.45, 7) is 10.7. The Morgan fingerprint density at radius 2 is 2.29 bits per heavy atom. The van der Waals surface area contributed by atoms with Crippen LogP contribution in [-0.2, 0) is 9.53 Å². The van der Waals surface area contributed by atoms with Crippen molar-refractivity contribution in [1.82, 2.24) is 0 Å². The first-order valence-electron chi connectivity index (χ1n) is 6.46. The predicted molar refractivity (Wildman–Crippen MR) is 70.7 cm³/mol. The molecule has 1 atom stereocenters. The van der Waals surface area contributed by atoms with Gasteiger partial charge in [-0.15, -0.1) is 6.58 Å². The van der Waals surface area contributed by atoms with E-state index in [1.165, 1.54) is 0 Å². The van der Waals surface area contributed by atoms with Crippen LogP contribution in [0.5, 0.6) is 0 Å². The van der Waals surface area contributed by atoms with E-state index in [0.717, 1.165) is 31.4 Å². The van der Waals surface area contributed by atoms with Crippen LogP contribution in [0.3, 0.4) is 0 Å². The lowest BCUT2D eigenvalue weighted by Crippen LogP contribution is -2.24. The molecule has 0 fully saturated rings. The number of allylic oxidation sites excluding steroid dienone is 3. The third-order valence-electron chi connectivity index (χ3n) is 3.24. The predicted octanol–water partition coefficient (Wildman–Crippen LogP) is 3.88. The van der Waals surface area contributed by atoms with Gasteiger partial charge in [0, 0.05) is 17.9 Å². The molecule has 0 heterocycles. The highest BCUT2D eigenvalue weighted by Gasteiger charge is 2.32. The Kier molecular flexibility index (Phi) is 4.98. The molecular formula is C15H24O2. The number of carbonyl (C=O) groups is 1. The van der Waals surface area contributed by atoms with Gasteiger partial charge in [0.25, 0.3) is 0 Å². The van der Waals surface area contributed by atoms with Crippen molar-refractivity contribution in [1.29, 1.82) is 0 Å². The normalized spacial score (nSPS) is 25.4. The van der Waals surface area contributed by atoms with E-state index in [-0.39, 0.29) is 11.2 Å². The molecule has 2 heteroatoms. The van der Waals surface area contributed by atoms with Gasteiger partial charge in [-0.3, -0.25) is 4.79 Å². The summed E-state index contributed by atoms with van der Waals surface area (Å²) in [6.07, 6.45) is 7.11. The Morgan fingerprint density at radius 1 is 1.59 bits per heavy atom. The van der Waals surface area contributed by atoms with Crippen LogP contribution < -0.4 is 0 Å². The lowest BCUT2D eigenvalue weighted by molar-refractivity contribution is -0.123. The van der Waals surface area contributed by atoms with E-state index in [9.17, 15) is 4.79 Å². The summed E-state index contributed by atoms with van der Waals surface area (Å²) in [5.74, 6) is 1.54. The topological polar surface area (TPSA) is 26.3 Å². The summed E-state index contributed by atoms with van der Waals surface area (Å²) in [6, 6.07) is 0. The molecule has 1 aliphatic carbocycles. The molecule has 0 spiro atoms. The zero-order valence-corrected chi connectivity index (χ0v) is 11.3. The van der Waals surface area contributed by atoms with Gasteiger partial charge >= 0.3 is 0 Å². The molecular weight excluding hydrogens is 212 g/mol. The van der Waals surface area contributed by atoms with Crippen molar-refractivity contribution < 1.29 is 9.53 Å². The Morgan fingerprint density at radius 3 is 2.88 bits per heavy atom. The Bertz CT molecular complexity index is 315. The lowest BCUT2D eigenvalue weighted by Gasteiger charge is -2.23. The molecule has 1 aliphatic rings. The first-order valence-corrected chi connectivity index (χ1v) is 6.46. The first kappa shape index (κ1) is 14.0. The van der Waals surface area contributed by atoms with Gasteiger partial charge in [0.15, 0.2) is 5.78 Å². The van der Waals surface area contributed by atoms with Gasteiger partial charge in [0.2, 0.25) is 0 Å². The zero-order valence-electron chi connectivity index (χ0n) is 11.3.